The number of urea groups is 1. The monoisotopic (exact) mass is 305 g/mol. The summed E-state index contributed by atoms with van der Waals surface area (Å²) < 4.78 is 3.52. The molecule has 0 aromatic carbocycles. The van der Waals surface area contributed by atoms with Gasteiger partial charge in [-0.15, -0.1) is 5.10 Å². The fourth-order valence-corrected chi connectivity index (χ4v) is 2.27. The van der Waals surface area contributed by atoms with Gasteiger partial charge in [-0.3, -0.25) is 10.00 Å². The minimum atomic E-state index is -0.246. The SMILES string of the molecule is Cc1nn(C)cc1CN(C)C(=O)Nc1nc(C)n(C(C)C)n1. The first kappa shape index (κ1) is 16.0. The van der Waals surface area contributed by atoms with Crippen molar-refractivity contribution in [2.45, 2.75) is 40.3 Å². The molecule has 2 aromatic heterocycles. The van der Waals surface area contributed by atoms with Crippen LogP contribution in [0.25, 0.3) is 0 Å². The molecule has 8 nitrogen and oxygen atoms in total. The number of anilines is 1. The van der Waals surface area contributed by atoms with Gasteiger partial charge in [-0.25, -0.2) is 9.48 Å². The van der Waals surface area contributed by atoms with Gasteiger partial charge in [-0.05, 0) is 27.7 Å². The number of carbonyl (C=O) groups excluding carboxylic acids is 1. The van der Waals surface area contributed by atoms with E-state index in [1.54, 1.807) is 21.3 Å². The van der Waals surface area contributed by atoms with Gasteiger partial charge in [0.15, 0.2) is 0 Å². The van der Waals surface area contributed by atoms with Crippen LogP contribution < -0.4 is 5.32 Å². The quantitative estimate of drug-likeness (QED) is 0.935. The zero-order valence-electron chi connectivity index (χ0n) is 14.0. The summed E-state index contributed by atoms with van der Waals surface area (Å²) >= 11 is 0. The van der Waals surface area contributed by atoms with Crippen molar-refractivity contribution in [3.63, 3.8) is 0 Å². The summed E-state index contributed by atoms with van der Waals surface area (Å²) in [5, 5.41) is 11.3. The highest BCUT2D eigenvalue weighted by Crippen LogP contribution is 2.11. The van der Waals surface area contributed by atoms with Gasteiger partial charge >= 0.3 is 6.03 Å². The van der Waals surface area contributed by atoms with Crippen molar-refractivity contribution in [3.8, 4) is 0 Å². The molecule has 0 fully saturated rings. The second kappa shape index (κ2) is 6.17. The van der Waals surface area contributed by atoms with Crippen LogP contribution in [0.1, 0.15) is 37.0 Å². The number of aromatic nitrogens is 5. The zero-order chi connectivity index (χ0) is 16.4. The number of hydrogen-bond acceptors (Lipinski definition) is 4. The summed E-state index contributed by atoms with van der Waals surface area (Å²) in [4.78, 5) is 18.1. The molecule has 0 bridgehead atoms. The fraction of sp³-hybridized carbons (Fsp3) is 0.571. The molecular weight excluding hydrogens is 282 g/mol. The number of hydrogen-bond donors (Lipinski definition) is 1. The average Bonchev–Trinajstić information content (AvgIpc) is 2.92. The van der Waals surface area contributed by atoms with E-state index in [1.165, 1.54) is 0 Å². The number of rotatable bonds is 4. The summed E-state index contributed by atoms with van der Waals surface area (Å²) in [6.07, 6.45) is 1.91. The lowest BCUT2D eigenvalue weighted by atomic mass is 10.2. The summed E-state index contributed by atoms with van der Waals surface area (Å²) in [7, 11) is 3.59. The van der Waals surface area contributed by atoms with E-state index in [2.05, 4.69) is 20.5 Å². The molecule has 0 aliphatic carbocycles. The molecule has 0 saturated heterocycles. The topological polar surface area (TPSA) is 80.9 Å². The van der Waals surface area contributed by atoms with Crippen LogP contribution in [0.3, 0.4) is 0 Å². The lowest BCUT2D eigenvalue weighted by Gasteiger charge is -2.16. The standard InChI is InChI=1S/C14H23N7O/c1-9(2)21-11(4)15-13(18-21)16-14(22)19(5)7-12-8-20(6)17-10(12)3/h8-9H,7H2,1-6H3,(H,16,18,22). The maximum Gasteiger partial charge on any atom is 0.324 e. The molecule has 1 N–H and O–H groups in total. The van der Waals surface area contributed by atoms with Crippen LogP contribution in [0.15, 0.2) is 6.20 Å². The summed E-state index contributed by atoms with van der Waals surface area (Å²) in [6, 6.07) is -0.0434. The fourth-order valence-electron chi connectivity index (χ4n) is 2.27. The minimum Gasteiger partial charge on any atom is -0.323 e. The van der Waals surface area contributed by atoms with Crippen LogP contribution in [0.2, 0.25) is 0 Å². The second-order valence-corrected chi connectivity index (χ2v) is 5.72. The van der Waals surface area contributed by atoms with Gasteiger partial charge in [-0.2, -0.15) is 10.1 Å². The van der Waals surface area contributed by atoms with Crippen molar-refractivity contribution >= 4 is 12.0 Å². The molecule has 0 atom stereocenters. The van der Waals surface area contributed by atoms with Gasteiger partial charge in [0.2, 0.25) is 5.95 Å². The number of nitrogens with one attached hydrogen (secondary N) is 1. The van der Waals surface area contributed by atoms with E-state index in [4.69, 9.17) is 0 Å². The third-order valence-corrected chi connectivity index (χ3v) is 3.38. The Kier molecular flexibility index (Phi) is 4.48. The average molecular weight is 305 g/mol. The Bertz CT molecular complexity index is 671. The van der Waals surface area contributed by atoms with Crippen molar-refractivity contribution in [2.24, 2.45) is 7.05 Å². The molecule has 22 heavy (non-hydrogen) atoms. The number of carbonyl (C=O) groups is 1. The Morgan fingerprint density at radius 1 is 1.36 bits per heavy atom. The molecule has 2 heterocycles. The third-order valence-electron chi connectivity index (χ3n) is 3.38. The van der Waals surface area contributed by atoms with E-state index in [-0.39, 0.29) is 12.1 Å². The molecule has 2 aromatic rings. The molecular formula is C14H23N7O. The largest absolute Gasteiger partial charge is 0.324 e. The predicted octanol–water partition coefficient (Wildman–Crippen LogP) is 1.87. The number of aryl methyl sites for hydroxylation is 3. The first-order valence-corrected chi connectivity index (χ1v) is 7.22. The van der Waals surface area contributed by atoms with E-state index in [0.29, 0.717) is 12.5 Å². The molecule has 0 aliphatic rings. The first-order valence-electron chi connectivity index (χ1n) is 7.22. The van der Waals surface area contributed by atoms with Crippen LogP contribution in [-0.2, 0) is 13.6 Å². The first-order chi connectivity index (χ1) is 10.3. The third kappa shape index (κ3) is 3.44. The highest BCUT2D eigenvalue weighted by atomic mass is 16.2. The molecule has 0 radical (unpaired) electrons. The minimum absolute atomic E-state index is 0.203. The molecule has 0 saturated carbocycles. The normalized spacial score (nSPS) is 11.0. The van der Waals surface area contributed by atoms with Gasteiger partial charge in [-0.1, -0.05) is 0 Å². The van der Waals surface area contributed by atoms with Gasteiger partial charge < -0.3 is 4.90 Å². The second-order valence-electron chi connectivity index (χ2n) is 5.72. The van der Waals surface area contributed by atoms with Crippen molar-refractivity contribution in [2.75, 3.05) is 12.4 Å². The van der Waals surface area contributed by atoms with Gasteiger partial charge in [0, 0.05) is 31.9 Å². The van der Waals surface area contributed by atoms with Crippen LogP contribution in [0.4, 0.5) is 10.7 Å². The predicted molar refractivity (Wildman–Crippen MR) is 83.6 cm³/mol. The van der Waals surface area contributed by atoms with Gasteiger partial charge in [0.25, 0.3) is 0 Å². The van der Waals surface area contributed by atoms with E-state index in [9.17, 15) is 4.79 Å². The maximum absolute atomic E-state index is 12.2. The van der Waals surface area contributed by atoms with Crippen LogP contribution in [0, 0.1) is 13.8 Å². The van der Waals surface area contributed by atoms with Gasteiger partial charge in [0.1, 0.15) is 5.82 Å². The molecule has 120 valence electrons. The van der Waals surface area contributed by atoms with Crippen molar-refractivity contribution in [1.29, 1.82) is 0 Å². The number of amides is 2. The van der Waals surface area contributed by atoms with Crippen LogP contribution in [0.5, 0.6) is 0 Å². The summed E-state index contributed by atoms with van der Waals surface area (Å²) in [5.41, 5.74) is 1.93. The lowest BCUT2D eigenvalue weighted by molar-refractivity contribution is 0.220. The number of nitrogens with zero attached hydrogens (tertiary/aromatic N) is 6. The van der Waals surface area contributed by atoms with Crippen LogP contribution in [-0.4, -0.2) is 42.5 Å². The molecule has 2 rings (SSSR count). The Morgan fingerprint density at radius 2 is 2.05 bits per heavy atom. The molecule has 2 amide bonds. The van der Waals surface area contributed by atoms with Crippen molar-refractivity contribution in [3.05, 3.63) is 23.3 Å². The van der Waals surface area contributed by atoms with Crippen molar-refractivity contribution < 1.29 is 4.79 Å². The molecule has 0 spiro atoms. The Labute approximate surface area is 130 Å². The molecule has 0 unspecified atom stereocenters. The Balaban J connectivity index is 2.02. The van der Waals surface area contributed by atoms with E-state index < -0.39 is 0 Å². The lowest BCUT2D eigenvalue weighted by Crippen LogP contribution is -2.31. The Hall–Kier alpha value is -2.38. The summed E-state index contributed by atoms with van der Waals surface area (Å²) in [6.45, 7) is 8.31. The van der Waals surface area contributed by atoms with E-state index in [1.807, 2.05) is 40.9 Å². The van der Waals surface area contributed by atoms with E-state index in [0.717, 1.165) is 17.1 Å². The van der Waals surface area contributed by atoms with E-state index >= 15 is 0 Å². The molecule has 0 aliphatic heterocycles. The molecule has 8 heteroatoms. The maximum atomic E-state index is 12.2. The smallest absolute Gasteiger partial charge is 0.323 e. The van der Waals surface area contributed by atoms with Crippen molar-refractivity contribution in [1.82, 2.24) is 29.4 Å². The zero-order valence-corrected chi connectivity index (χ0v) is 14.0. The highest BCUT2D eigenvalue weighted by Gasteiger charge is 2.16. The Morgan fingerprint density at radius 3 is 2.55 bits per heavy atom. The summed E-state index contributed by atoms with van der Waals surface area (Å²) in [5.74, 6) is 1.10. The van der Waals surface area contributed by atoms with Crippen LogP contribution >= 0.6 is 0 Å². The van der Waals surface area contributed by atoms with Gasteiger partial charge in [0.05, 0.1) is 12.2 Å². The highest BCUT2D eigenvalue weighted by molar-refractivity contribution is 5.87.